The van der Waals surface area contributed by atoms with Gasteiger partial charge in [0, 0.05) is 43.6 Å². The van der Waals surface area contributed by atoms with E-state index in [-0.39, 0.29) is 24.2 Å². The maximum atomic E-state index is 13.4. The zero-order valence-electron chi connectivity index (χ0n) is 18.0. The number of amides is 2. The van der Waals surface area contributed by atoms with Gasteiger partial charge in [-0.3, -0.25) is 9.59 Å². The smallest absolute Gasteiger partial charge is 0.378 e. The number of nitrogens with one attached hydrogen (secondary N) is 1. The summed E-state index contributed by atoms with van der Waals surface area (Å²) in [6, 6.07) is 8.90. The van der Waals surface area contributed by atoms with Gasteiger partial charge in [-0.05, 0) is 49.2 Å². The van der Waals surface area contributed by atoms with Gasteiger partial charge in [-0.1, -0.05) is 0 Å². The maximum Gasteiger partial charge on any atom is 0.419 e. The second-order valence-corrected chi connectivity index (χ2v) is 8.13. The maximum absolute atomic E-state index is 13.4. The van der Waals surface area contributed by atoms with E-state index in [2.05, 4.69) is 10.3 Å². The molecule has 2 aliphatic heterocycles. The Balaban J connectivity index is 1.39. The fraction of sp³-hybridized carbons (Fsp3) is 0.435. The van der Waals surface area contributed by atoms with Gasteiger partial charge in [0.1, 0.15) is 5.82 Å². The lowest BCUT2D eigenvalue weighted by Gasteiger charge is -2.34. The van der Waals surface area contributed by atoms with Gasteiger partial charge < -0.3 is 19.9 Å². The fourth-order valence-electron chi connectivity index (χ4n) is 4.14. The van der Waals surface area contributed by atoms with E-state index in [0.29, 0.717) is 56.9 Å². The average Bonchev–Trinajstić information content (AvgIpc) is 2.84. The molecular weight excluding hydrogens is 437 g/mol. The topological polar surface area (TPSA) is 74.8 Å². The molecule has 2 aromatic rings. The Bertz CT molecular complexity index is 991. The van der Waals surface area contributed by atoms with Crippen LogP contribution in [-0.4, -0.2) is 61.1 Å². The van der Waals surface area contributed by atoms with Crippen LogP contribution in [0.3, 0.4) is 0 Å². The Morgan fingerprint density at radius 3 is 2.48 bits per heavy atom. The summed E-state index contributed by atoms with van der Waals surface area (Å²) in [5.74, 6) is -0.976. The largest absolute Gasteiger partial charge is 0.419 e. The zero-order valence-corrected chi connectivity index (χ0v) is 18.0. The number of carbonyl (C=O) groups excluding carboxylic acids is 2. The molecule has 0 spiro atoms. The van der Waals surface area contributed by atoms with Crippen molar-refractivity contribution in [2.45, 2.75) is 19.0 Å². The fourth-order valence-corrected chi connectivity index (χ4v) is 4.14. The minimum absolute atomic E-state index is 0.0880. The molecule has 10 heteroatoms. The first kappa shape index (κ1) is 23.0. The van der Waals surface area contributed by atoms with Crippen LogP contribution in [0.5, 0.6) is 0 Å². The van der Waals surface area contributed by atoms with Crippen molar-refractivity contribution in [1.29, 1.82) is 0 Å². The molecule has 3 heterocycles. The highest BCUT2D eigenvalue weighted by atomic mass is 19.4. The van der Waals surface area contributed by atoms with Crippen LogP contribution in [0.15, 0.2) is 42.6 Å². The second kappa shape index (κ2) is 9.78. The molecule has 2 aliphatic rings. The third-order valence-corrected chi connectivity index (χ3v) is 5.88. The lowest BCUT2D eigenvalue weighted by Crippen LogP contribution is -2.42. The number of piperidine rings is 1. The molecule has 1 N–H and O–H groups in total. The standard InChI is InChI=1S/C23H25F3N4O3/c24-23(25,26)19-4-1-9-27-20(19)30-10-2-3-17(15-30)21(31)28-18-7-5-16(6-8-18)22(32)29-11-13-33-14-12-29/h1,4-9,17H,2-3,10-15H2,(H,28,31). The third-order valence-electron chi connectivity index (χ3n) is 5.88. The van der Waals surface area contributed by atoms with E-state index in [9.17, 15) is 22.8 Å². The van der Waals surface area contributed by atoms with Crippen molar-refractivity contribution in [3.05, 3.63) is 53.7 Å². The molecule has 0 bridgehead atoms. The van der Waals surface area contributed by atoms with Crippen molar-refractivity contribution < 1.29 is 27.5 Å². The molecule has 4 rings (SSSR count). The molecule has 2 amide bonds. The molecule has 1 atom stereocenters. The van der Waals surface area contributed by atoms with E-state index in [1.807, 2.05) is 0 Å². The number of alkyl halides is 3. The summed E-state index contributed by atoms with van der Waals surface area (Å²) >= 11 is 0. The number of rotatable bonds is 4. The van der Waals surface area contributed by atoms with Gasteiger partial charge in [0.15, 0.2) is 0 Å². The summed E-state index contributed by atoms with van der Waals surface area (Å²) in [4.78, 5) is 32.6. The summed E-state index contributed by atoms with van der Waals surface area (Å²) in [7, 11) is 0. The van der Waals surface area contributed by atoms with E-state index < -0.39 is 17.7 Å². The Hall–Kier alpha value is -3.14. The molecule has 1 aromatic heterocycles. The van der Waals surface area contributed by atoms with Crippen molar-refractivity contribution >= 4 is 23.3 Å². The number of anilines is 2. The quantitative estimate of drug-likeness (QED) is 0.754. The number of pyridine rings is 1. The van der Waals surface area contributed by atoms with Gasteiger partial charge in [-0.2, -0.15) is 13.2 Å². The summed E-state index contributed by atoms with van der Waals surface area (Å²) in [5, 5.41) is 2.82. The predicted octanol–water partition coefficient (Wildman–Crippen LogP) is 3.43. The number of nitrogens with zero attached hydrogens (tertiary/aromatic N) is 3. The van der Waals surface area contributed by atoms with Gasteiger partial charge in [0.2, 0.25) is 5.91 Å². The molecule has 0 saturated carbocycles. The molecular formula is C23H25F3N4O3. The van der Waals surface area contributed by atoms with Crippen LogP contribution >= 0.6 is 0 Å². The number of hydrogen-bond donors (Lipinski definition) is 1. The Kier molecular flexibility index (Phi) is 6.83. The number of benzene rings is 1. The number of halogens is 3. The average molecular weight is 462 g/mol. The molecule has 0 aliphatic carbocycles. The molecule has 0 radical (unpaired) electrons. The van der Waals surface area contributed by atoms with Crippen molar-refractivity contribution in [1.82, 2.24) is 9.88 Å². The second-order valence-electron chi connectivity index (χ2n) is 8.13. The van der Waals surface area contributed by atoms with Crippen LogP contribution in [0.1, 0.15) is 28.8 Å². The van der Waals surface area contributed by atoms with Crippen LogP contribution in [0.4, 0.5) is 24.7 Å². The number of carbonyl (C=O) groups is 2. The lowest BCUT2D eigenvalue weighted by atomic mass is 9.96. The molecule has 7 nitrogen and oxygen atoms in total. The predicted molar refractivity (Wildman–Crippen MR) is 116 cm³/mol. The molecule has 1 aromatic carbocycles. The van der Waals surface area contributed by atoms with Crippen molar-refractivity contribution in [3.8, 4) is 0 Å². The zero-order chi connectivity index (χ0) is 23.4. The summed E-state index contributed by atoms with van der Waals surface area (Å²) < 4.78 is 45.4. The Labute approximate surface area is 189 Å². The minimum atomic E-state index is -4.51. The number of ether oxygens (including phenoxy) is 1. The number of morpholine rings is 1. The van der Waals surface area contributed by atoms with Gasteiger partial charge in [-0.15, -0.1) is 0 Å². The van der Waals surface area contributed by atoms with Crippen LogP contribution in [0, 0.1) is 5.92 Å². The molecule has 2 fully saturated rings. The van der Waals surface area contributed by atoms with E-state index in [1.165, 1.54) is 17.2 Å². The van der Waals surface area contributed by atoms with Gasteiger partial charge >= 0.3 is 6.18 Å². The highest BCUT2D eigenvalue weighted by molar-refractivity contribution is 5.96. The van der Waals surface area contributed by atoms with Crippen LogP contribution in [0.2, 0.25) is 0 Å². The van der Waals surface area contributed by atoms with E-state index in [4.69, 9.17) is 4.74 Å². The van der Waals surface area contributed by atoms with Crippen molar-refractivity contribution in [2.75, 3.05) is 49.6 Å². The number of aromatic nitrogens is 1. The van der Waals surface area contributed by atoms with Crippen molar-refractivity contribution in [3.63, 3.8) is 0 Å². The van der Waals surface area contributed by atoms with E-state index in [1.54, 1.807) is 29.2 Å². The first-order valence-electron chi connectivity index (χ1n) is 10.9. The highest BCUT2D eigenvalue weighted by Gasteiger charge is 2.37. The highest BCUT2D eigenvalue weighted by Crippen LogP contribution is 2.36. The minimum Gasteiger partial charge on any atom is -0.378 e. The van der Waals surface area contributed by atoms with E-state index >= 15 is 0 Å². The molecule has 1 unspecified atom stereocenters. The summed E-state index contributed by atoms with van der Waals surface area (Å²) in [6.45, 7) is 2.67. The monoisotopic (exact) mass is 462 g/mol. The van der Waals surface area contributed by atoms with Crippen molar-refractivity contribution in [2.24, 2.45) is 5.92 Å². The SMILES string of the molecule is O=C(Nc1ccc(C(=O)N2CCOCC2)cc1)C1CCCN(c2ncccc2C(F)(F)F)C1. The molecule has 33 heavy (non-hydrogen) atoms. The molecule has 2 saturated heterocycles. The normalized spacial score (nSPS) is 19.3. The van der Waals surface area contributed by atoms with Crippen LogP contribution < -0.4 is 10.2 Å². The summed E-state index contributed by atoms with van der Waals surface area (Å²) in [5.41, 5.74) is 0.254. The third kappa shape index (κ3) is 5.44. The van der Waals surface area contributed by atoms with Crippen LogP contribution in [0.25, 0.3) is 0 Å². The summed E-state index contributed by atoms with van der Waals surface area (Å²) in [6.07, 6.45) is -2.03. The van der Waals surface area contributed by atoms with Gasteiger partial charge in [0.05, 0.1) is 24.7 Å². The van der Waals surface area contributed by atoms with Crippen LogP contribution in [-0.2, 0) is 15.7 Å². The first-order chi connectivity index (χ1) is 15.8. The van der Waals surface area contributed by atoms with Gasteiger partial charge in [0.25, 0.3) is 5.91 Å². The Morgan fingerprint density at radius 2 is 1.79 bits per heavy atom. The van der Waals surface area contributed by atoms with E-state index in [0.717, 1.165) is 6.07 Å². The lowest BCUT2D eigenvalue weighted by molar-refractivity contribution is -0.137. The number of hydrogen-bond acceptors (Lipinski definition) is 5. The first-order valence-corrected chi connectivity index (χ1v) is 10.9. The van der Waals surface area contributed by atoms with Gasteiger partial charge in [-0.25, -0.2) is 4.98 Å². The molecule has 176 valence electrons. The Morgan fingerprint density at radius 1 is 1.06 bits per heavy atom.